The van der Waals surface area contributed by atoms with Crippen molar-refractivity contribution in [3.8, 4) is 0 Å². The topological polar surface area (TPSA) is 71.0 Å². The number of hydrogen-bond acceptors (Lipinski definition) is 5. The Labute approximate surface area is 109 Å². The summed E-state index contributed by atoms with van der Waals surface area (Å²) in [5, 5.41) is 3.80. The summed E-state index contributed by atoms with van der Waals surface area (Å²) in [6, 6.07) is 1.83. The third-order valence-electron chi connectivity index (χ3n) is 3.81. The molecular weight excluding hydrogens is 242 g/mol. The van der Waals surface area contributed by atoms with Crippen molar-refractivity contribution in [2.75, 3.05) is 16.8 Å². The van der Waals surface area contributed by atoms with E-state index in [2.05, 4.69) is 25.2 Å². The molecule has 1 unspecified atom stereocenters. The van der Waals surface area contributed by atoms with Gasteiger partial charge in [0.25, 0.3) is 0 Å². The van der Waals surface area contributed by atoms with Crippen molar-refractivity contribution in [2.24, 2.45) is 0 Å². The van der Waals surface area contributed by atoms with Crippen molar-refractivity contribution in [1.29, 1.82) is 0 Å². The summed E-state index contributed by atoms with van der Waals surface area (Å²) in [7, 11) is 0. The van der Waals surface area contributed by atoms with Crippen LogP contribution in [0.25, 0.3) is 11.0 Å². The zero-order valence-corrected chi connectivity index (χ0v) is 10.3. The predicted octanol–water partition coefficient (Wildman–Crippen LogP) is 1.34. The second-order valence-corrected chi connectivity index (χ2v) is 4.99. The Bertz CT molecular complexity index is 671. The molecule has 1 saturated heterocycles. The molecule has 6 heteroatoms. The van der Waals surface area contributed by atoms with Crippen LogP contribution < -0.4 is 10.2 Å². The molecular formula is C13H13N5O. The van der Waals surface area contributed by atoms with Crippen molar-refractivity contribution in [3.63, 3.8) is 0 Å². The maximum absolute atomic E-state index is 12.1. The van der Waals surface area contributed by atoms with E-state index in [0.29, 0.717) is 5.65 Å². The minimum atomic E-state index is -0.0759. The SMILES string of the molecule is O=C1Nc2cc3cncnc3nc2N2CCCCC12. The van der Waals surface area contributed by atoms with Crippen molar-refractivity contribution in [3.05, 3.63) is 18.6 Å². The number of hydrogen-bond donors (Lipinski definition) is 1. The van der Waals surface area contributed by atoms with Crippen LogP contribution in [0.2, 0.25) is 0 Å². The Morgan fingerprint density at radius 1 is 1.37 bits per heavy atom. The van der Waals surface area contributed by atoms with Gasteiger partial charge in [-0.2, -0.15) is 0 Å². The third-order valence-corrected chi connectivity index (χ3v) is 3.81. The first-order valence-corrected chi connectivity index (χ1v) is 6.51. The van der Waals surface area contributed by atoms with Gasteiger partial charge in [0, 0.05) is 18.1 Å². The summed E-state index contributed by atoms with van der Waals surface area (Å²) in [5.74, 6) is 0.917. The molecule has 4 heterocycles. The maximum Gasteiger partial charge on any atom is 0.247 e. The highest BCUT2D eigenvalue weighted by molar-refractivity contribution is 6.04. The Balaban J connectivity index is 1.91. The number of aromatic nitrogens is 3. The van der Waals surface area contributed by atoms with Crippen LogP contribution in [-0.4, -0.2) is 33.4 Å². The second-order valence-electron chi connectivity index (χ2n) is 4.99. The van der Waals surface area contributed by atoms with Gasteiger partial charge in [-0.15, -0.1) is 0 Å². The maximum atomic E-state index is 12.1. The highest BCUT2D eigenvalue weighted by Crippen LogP contribution is 2.35. The second kappa shape index (κ2) is 3.88. The number of pyridine rings is 1. The van der Waals surface area contributed by atoms with Crippen LogP contribution in [0.3, 0.4) is 0 Å². The number of nitrogens with one attached hydrogen (secondary N) is 1. The van der Waals surface area contributed by atoms with Gasteiger partial charge < -0.3 is 10.2 Å². The van der Waals surface area contributed by atoms with Gasteiger partial charge in [0.2, 0.25) is 5.91 Å². The van der Waals surface area contributed by atoms with Crippen LogP contribution in [0.15, 0.2) is 18.6 Å². The van der Waals surface area contributed by atoms with Crippen molar-refractivity contribution < 1.29 is 4.79 Å². The molecule has 0 bridgehead atoms. The fraction of sp³-hybridized carbons (Fsp3) is 0.385. The zero-order valence-electron chi connectivity index (χ0n) is 10.3. The van der Waals surface area contributed by atoms with E-state index in [-0.39, 0.29) is 11.9 Å². The highest BCUT2D eigenvalue weighted by atomic mass is 16.2. The van der Waals surface area contributed by atoms with Crippen LogP contribution in [0.1, 0.15) is 19.3 Å². The fourth-order valence-corrected chi connectivity index (χ4v) is 2.89. The largest absolute Gasteiger partial charge is 0.343 e. The van der Waals surface area contributed by atoms with Crippen LogP contribution in [0.4, 0.5) is 11.5 Å². The molecule has 96 valence electrons. The third kappa shape index (κ3) is 1.56. The molecule has 0 aromatic carbocycles. The van der Waals surface area contributed by atoms with E-state index in [1.165, 1.54) is 6.33 Å². The summed E-state index contributed by atoms with van der Waals surface area (Å²) in [6.07, 6.45) is 6.31. The smallest absolute Gasteiger partial charge is 0.247 e. The molecule has 2 aromatic heterocycles. The quantitative estimate of drug-likeness (QED) is 0.769. The average molecular weight is 255 g/mol. The molecule has 0 spiro atoms. The van der Waals surface area contributed by atoms with Gasteiger partial charge in [-0.05, 0) is 25.3 Å². The lowest BCUT2D eigenvalue weighted by Gasteiger charge is -2.39. The Morgan fingerprint density at radius 3 is 3.26 bits per heavy atom. The van der Waals surface area contributed by atoms with Crippen molar-refractivity contribution in [1.82, 2.24) is 15.0 Å². The summed E-state index contributed by atoms with van der Waals surface area (Å²) in [5.41, 5.74) is 1.44. The van der Waals surface area contributed by atoms with Gasteiger partial charge in [0.05, 0.1) is 5.69 Å². The number of rotatable bonds is 0. The van der Waals surface area contributed by atoms with E-state index in [1.807, 2.05) is 6.07 Å². The van der Waals surface area contributed by atoms with Gasteiger partial charge in [-0.3, -0.25) is 4.79 Å². The molecule has 2 aliphatic rings. The number of carbonyl (C=O) groups is 1. The number of piperidine rings is 1. The van der Waals surface area contributed by atoms with E-state index in [9.17, 15) is 4.79 Å². The number of anilines is 2. The van der Waals surface area contributed by atoms with E-state index >= 15 is 0 Å². The molecule has 19 heavy (non-hydrogen) atoms. The molecule has 1 atom stereocenters. The average Bonchev–Trinajstić information content (AvgIpc) is 2.46. The number of amides is 1. The van der Waals surface area contributed by atoms with E-state index in [0.717, 1.165) is 42.7 Å². The molecule has 0 radical (unpaired) electrons. The zero-order chi connectivity index (χ0) is 12.8. The Hall–Kier alpha value is -2.24. The van der Waals surface area contributed by atoms with E-state index in [4.69, 9.17) is 0 Å². The molecule has 1 N–H and O–H groups in total. The predicted molar refractivity (Wildman–Crippen MR) is 70.9 cm³/mol. The van der Waals surface area contributed by atoms with Gasteiger partial charge in [-0.1, -0.05) is 0 Å². The lowest BCUT2D eigenvalue weighted by molar-refractivity contribution is -0.118. The number of nitrogens with zero attached hydrogens (tertiary/aromatic N) is 4. The first-order valence-electron chi connectivity index (χ1n) is 6.51. The molecule has 0 aliphatic carbocycles. The minimum absolute atomic E-state index is 0.0743. The minimum Gasteiger partial charge on any atom is -0.343 e. The monoisotopic (exact) mass is 255 g/mol. The standard InChI is InChI=1S/C13H13N5O/c19-13-10-3-1-2-4-18(10)12-9(16-13)5-8-6-14-7-15-11(8)17-12/h5-7,10H,1-4H2,(H,16,19). The summed E-state index contributed by atoms with van der Waals surface area (Å²) in [6.45, 7) is 0.884. The lowest BCUT2D eigenvalue weighted by Crippen LogP contribution is -2.51. The summed E-state index contributed by atoms with van der Waals surface area (Å²) >= 11 is 0. The van der Waals surface area contributed by atoms with Gasteiger partial charge >= 0.3 is 0 Å². The molecule has 0 saturated carbocycles. The Morgan fingerprint density at radius 2 is 2.32 bits per heavy atom. The van der Waals surface area contributed by atoms with Crippen LogP contribution >= 0.6 is 0 Å². The fourth-order valence-electron chi connectivity index (χ4n) is 2.89. The van der Waals surface area contributed by atoms with Crippen LogP contribution in [0.5, 0.6) is 0 Å². The summed E-state index contributed by atoms with van der Waals surface area (Å²) in [4.78, 5) is 27.0. The van der Waals surface area contributed by atoms with Crippen molar-refractivity contribution >= 4 is 28.4 Å². The number of carbonyl (C=O) groups excluding carboxylic acids is 1. The highest BCUT2D eigenvalue weighted by Gasteiger charge is 2.35. The molecule has 4 rings (SSSR count). The normalized spacial score (nSPS) is 21.8. The first-order chi connectivity index (χ1) is 9.33. The molecule has 1 fully saturated rings. The van der Waals surface area contributed by atoms with E-state index < -0.39 is 0 Å². The van der Waals surface area contributed by atoms with E-state index in [1.54, 1.807) is 6.20 Å². The molecule has 1 amide bonds. The van der Waals surface area contributed by atoms with Crippen LogP contribution in [-0.2, 0) is 4.79 Å². The lowest BCUT2D eigenvalue weighted by atomic mass is 9.99. The van der Waals surface area contributed by atoms with Crippen molar-refractivity contribution in [2.45, 2.75) is 25.3 Å². The van der Waals surface area contributed by atoms with Gasteiger partial charge in [0.15, 0.2) is 11.5 Å². The Kier molecular flexibility index (Phi) is 2.18. The van der Waals surface area contributed by atoms with Crippen LogP contribution in [0, 0.1) is 0 Å². The molecule has 2 aromatic rings. The molecule has 2 aliphatic heterocycles. The molecule has 6 nitrogen and oxygen atoms in total. The van der Waals surface area contributed by atoms with Gasteiger partial charge in [-0.25, -0.2) is 15.0 Å². The first kappa shape index (κ1) is 10.7. The van der Waals surface area contributed by atoms with Gasteiger partial charge in [0.1, 0.15) is 12.4 Å². The summed E-state index contributed by atoms with van der Waals surface area (Å²) < 4.78 is 0. The number of fused-ring (bicyclic) bond motifs is 4.